The van der Waals surface area contributed by atoms with Crippen LogP contribution < -0.4 is 14.3 Å². The van der Waals surface area contributed by atoms with E-state index >= 15 is 0 Å². The Hall–Kier alpha value is 0.430. The van der Waals surface area contributed by atoms with Crippen molar-refractivity contribution >= 4 is 45.6 Å². The minimum Gasteiger partial charge on any atom is -0.780 e. The average molecular weight is 437 g/mol. The third kappa shape index (κ3) is 13.6. The van der Waals surface area contributed by atoms with Crippen LogP contribution in [0.1, 0.15) is 102 Å². The van der Waals surface area contributed by atoms with Crippen LogP contribution >= 0.6 is 7.82 Å². The van der Waals surface area contributed by atoms with Gasteiger partial charge in [0.15, 0.2) is 0 Å². The van der Waals surface area contributed by atoms with Crippen molar-refractivity contribution in [2.45, 2.75) is 104 Å². The summed E-state index contributed by atoms with van der Waals surface area (Å²) in [4.78, 5) is 22.2. The number of phosphoric ester groups is 1. The predicted octanol–water partition coefficient (Wildman–Crippen LogP) is 5.32. The van der Waals surface area contributed by atoms with E-state index < -0.39 is 7.82 Å². The summed E-state index contributed by atoms with van der Waals surface area (Å²) < 4.78 is 15.9. The second-order valence-corrected chi connectivity index (χ2v) is 8.54. The van der Waals surface area contributed by atoms with Crippen molar-refractivity contribution < 1.29 is 18.9 Å². The van der Waals surface area contributed by atoms with E-state index in [9.17, 15) is 14.4 Å². The first-order valence-corrected chi connectivity index (χ1v) is 12.3. The van der Waals surface area contributed by atoms with E-state index in [0.29, 0.717) is 0 Å². The summed E-state index contributed by atoms with van der Waals surface area (Å²) >= 11 is 0. The second-order valence-electron chi connectivity index (χ2n) is 7.47. The zero-order valence-electron chi connectivity index (χ0n) is 17.9. The van der Waals surface area contributed by atoms with Gasteiger partial charge in [-0.25, -0.2) is 0 Å². The summed E-state index contributed by atoms with van der Waals surface area (Å²) in [6, 6.07) is 5.45. The van der Waals surface area contributed by atoms with Gasteiger partial charge in [-0.1, -0.05) is 90.2 Å². The van der Waals surface area contributed by atoms with E-state index in [1.807, 2.05) is 6.07 Å². The number of unbranched alkanes of at least 4 members (excludes halogenated alkanes) is 10. The zero-order chi connectivity index (χ0) is 20.0. The number of aryl methyl sites for hydroxylation is 1. The molecule has 6 heteroatoms. The molecule has 0 radical (unpaired) electrons. The van der Waals surface area contributed by atoms with Crippen molar-refractivity contribution in [3.05, 3.63) is 29.3 Å². The molecule has 0 saturated heterocycles. The molecular weight excluding hydrogens is 399 g/mol. The third-order valence-corrected chi connectivity index (χ3v) is 5.44. The molecule has 0 aliphatic heterocycles. The first-order chi connectivity index (χ1) is 13.0. The molecule has 0 unspecified atom stereocenters. The van der Waals surface area contributed by atoms with E-state index in [1.54, 1.807) is 12.1 Å². The van der Waals surface area contributed by atoms with E-state index in [1.165, 1.54) is 57.8 Å². The molecule has 1 aromatic rings. The minimum absolute atomic E-state index is 0. The summed E-state index contributed by atoms with van der Waals surface area (Å²) in [5.74, 6) is 0.236. The fraction of sp³-hybridized carbons (Fsp3) is 0.727. The van der Waals surface area contributed by atoms with Crippen molar-refractivity contribution in [2.24, 2.45) is 0 Å². The van der Waals surface area contributed by atoms with Crippen molar-refractivity contribution in [2.75, 3.05) is 0 Å². The average Bonchev–Trinajstić information content (AvgIpc) is 2.61. The van der Waals surface area contributed by atoms with Crippen LogP contribution in [0.3, 0.4) is 0 Å². The van der Waals surface area contributed by atoms with Gasteiger partial charge < -0.3 is 18.9 Å². The molecule has 0 heterocycles. The first-order valence-electron chi connectivity index (χ1n) is 10.8. The van der Waals surface area contributed by atoms with Crippen LogP contribution in [-0.2, 0) is 17.4 Å². The molecule has 0 aliphatic carbocycles. The third-order valence-electron chi connectivity index (χ3n) is 5.02. The molecular formula is C22H37CaO4P. The Morgan fingerprint density at radius 1 is 0.786 bits per heavy atom. The van der Waals surface area contributed by atoms with Gasteiger partial charge in [0.25, 0.3) is 0 Å². The van der Waals surface area contributed by atoms with Crippen molar-refractivity contribution in [3.8, 4) is 5.75 Å². The van der Waals surface area contributed by atoms with Gasteiger partial charge in [0.05, 0.1) is 0 Å². The van der Waals surface area contributed by atoms with Crippen LogP contribution in [-0.4, -0.2) is 37.7 Å². The molecule has 0 aromatic heterocycles. The summed E-state index contributed by atoms with van der Waals surface area (Å²) in [5, 5.41) is 0. The number of hydrogen-bond acceptors (Lipinski definition) is 4. The standard InChI is InChI=1S/C22H39O4P.Ca/c1-3-5-7-9-11-13-16-20-17-15-19-22(26-27(23,24)25)21(20)18-14-12-10-8-6-4-2;/h15,17,19H,3-14,16,18H2,1-2H3,(H2,23,24,25);/q;+2/p-2. The van der Waals surface area contributed by atoms with Crippen molar-refractivity contribution in [3.63, 3.8) is 0 Å². The normalized spacial score (nSPS) is 11.3. The number of phosphoric acid groups is 1. The van der Waals surface area contributed by atoms with Gasteiger partial charge in [-0.05, 0) is 42.9 Å². The van der Waals surface area contributed by atoms with E-state index in [0.717, 1.165) is 43.2 Å². The van der Waals surface area contributed by atoms with Crippen molar-refractivity contribution in [1.29, 1.82) is 0 Å². The molecule has 0 N–H and O–H groups in total. The van der Waals surface area contributed by atoms with Crippen LogP contribution in [0.4, 0.5) is 0 Å². The maximum absolute atomic E-state index is 11.1. The number of benzene rings is 1. The molecule has 0 fully saturated rings. The molecule has 0 bridgehead atoms. The van der Waals surface area contributed by atoms with Crippen LogP contribution in [0.2, 0.25) is 0 Å². The topological polar surface area (TPSA) is 72.4 Å². The van der Waals surface area contributed by atoms with Crippen LogP contribution in [0.5, 0.6) is 5.75 Å². The van der Waals surface area contributed by atoms with E-state index in [4.69, 9.17) is 4.52 Å². The smallest absolute Gasteiger partial charge is 0.780 e. The number of hydrogen-bond donors (Lipinski definition) is 0. The maximum Gasteiger partial charge on any atom is 2.00 e. The Morgan fingerprint density at radius 3 is 1.82 bits per heavy atom. The minimum atomic E-state index is -5.03. The van der Waals surface area contributed by atoms with E-state index in [2.05, 4.69) is 13.8 Å². The fourth-order valence-corrected chi connectivity index (χ4v) is 3.92. The maximum atomic E-state index is 11.1. The van der Waals surface area contributed by atoms with Crippen molar-refractivity contribution in [1.82, 2.24) is 0 Å². The molecule has 0 spiro atoms. The fourth-order valence-electron chi connectivity index (χ4n) is 3.51. The van der Waals surface area contributed by atoms with Crippen LogP contribution in [0.15, 0.2) is 18.2 Å². The Bertz CT molecular complexity index is 559. The monoisotopic (exact) mass is 436 g/mol. The summed E-state index contributed by atoms with van der Waals surface area (Å²) in [6.45, 7) is 4.41. The molecule has 0 atom stereocenters. The molecule has 1 aromatic carbocycles. The molecule has 0 amide bonds. The zero-order valence-corrected chi connectivity index (χ0v) is 21.0. The molecule has 156 valence electrons. The molecule has 1 rings (SSSR count). The van der Waals surface area contributed by atoms with Gasteiger partial charge >= 0.3 is 37.7 Å². The van der Waals surface area contributed by atoms with Crippen LogP contribution in [0.25, 0.3) is 0 Å². The van der Waals surface area contributed by atoms with E-state index in [-0.39, 0.29) is 43.5 Å². The quantitative estimate of drug-likeness (QED) is 0.200. The number of rotatable bonds is 16. The van der Waals surface area contributed by atoms with Gasteiger partial charge in [0, 0.05) is 0 Å². The summed E-state index contributed by atoms with van der Waals surface area (Å²) in [7, 11) is -5.03. The SMILES string of the molecule is CCCCCCCCc1cccc(OP(=O)([O-])[O-])c1CCCCCCCC.[Ca+2]. The van der Waals surface area contributed by atoms with Gasteiger partial charge in [-0.3, -0.25) is 0 Å². The molecule has 0 aliphatic rings. The predicted molar refractivity (Wildman–Crippen MR) is 115 cm³/mol. The Morgan fingerprint density at radius 2 is 1.29 bits per heavy atom. The van der Waals surface area contributed by atoms with Gasteiger partial charge in [0.2, 0.25) is 0 Å². The van der Waals surface area contributed by atoms with Crippen LogP contribution in [0, 0.1) is 0 Å². The van der Waals surface area contributed by atoms with Gasteiger partial charge in [-0.15, -0.1) is 0 Å². The molecule has 28 heavy (non-hydrogen) atoms. The summed E-state index contributed by atoms with van der Waals surface area (Å²) in [6.07, 6.45) is 16.1. The molecule has 4 nitrogen and oxygen atoms in total. The Kier molecular flexibility index (Phi) is 17.4. The Balaban J connectivity index is 0.00000729. The second kappa shape index (κ2) is 17.1. The largest absolute Gasteiger partial charge is 2.00 e. The first kappa shape index (κ1) is 28.4. The molecule has 0 saturated carbocycles. The summed E-state index contributed by atoms with van der Waals surface area (Å²) in [5.41, 5.74) is 2.04. The Labute approximate surface area is 202 Å². The van der Waals surface area contributed by atoms with Gasteiger partial charge in [0.1, 0.15) is 13.6 Å². The van der Waals surface area contributed by atoms with Gasteiger partial charge in [-0.2, -0.15) is 0 Å².